The van der Waals surface area contributed by atoms with Crippen LogP contribution in [-0.4, -0.2) is 66.3 Å². The Morgan fingerprint density at radius 2 is 1.76 bits per heavy atom. The topological polar surface area (TPSA) is 79.7 Å². The lowest BCUT2D eigenvalue weighted by atomic mass is 9.81. The molecule has 3 aromatic carbocycles. The Balaban J connectivity index is 1.57. The van der Waals surface area contributed by atoms with Gasteiger partial charge in [-0.2, -0.15) is 18.3 Å². The highest BCUT2D eigenvalue weighted by atomic mass is 19.4. The molecule has 0 saturated carbocycles. The molecule has 1 aliphatic rings. The van der Waals surface area contributed by atoms with Crippen LogP contribution in [0.4, 0.5) is 23.4 Å². The molecule has 0 radical (unpaired) electrons. The average molecular weight is 638 g/mol. The van der Waals surface area contributed by atoms with Crippen LogP contribution in [0.2, 0.25) is 0 Å². The third kappa shape index (κ3) is 6.76. The first-order valence-electron chi connectivity index (χ1n) is 14.9. The molecule has 0 aliphatic carbocycles. The molecule has 0 unspecified atom stereocenters. The Morgan fingerprint density at radius 3 is 2.43 bits per heavy atom. The summed E-state index contributed by atoms with van der Waals surface area (Å²) < 4.78 is 61.9. The zero-order chi connectivity index (χ0) is 33.2. The number of likely N-dealkylation sites (N-methyl/N-ethyl adjacent to an activating group) is 1. The largest absolute Gasteiger partial charge is 0.493 e. The van der Waals surface area contributed by atoms with E-state index in [0.717, 1.165) is 31.2 Å². The van der Waals surface area contributed by atoms with Crippen molar-refractivity contribution >= 4 is 17.6 Å². The molecule has 1 aliphatic heterocycles. The Kier molecular flexibility index (Phi) is 9.47. The van der Waals surface area contributed by atoms with Gasteiger partial charge >= 0.3 is 6.18 Å². The second-order valence-electron chi connectivity index (χ2n) is 11.4. The van der Waals surface area contributed by atoms with Crippen LogP contribution in [0.1, 0.15) is 52.0 Å². The third-order valence-corrected chi connectivity index (χ3v) is 7.88. The maximum absolute atomic E-state index is 14.2. The van der Waals surface area contributed by atoms with Gasteiger partial charge in [0.05, 0.1) is 23.6 Å². The summed E-state index contributed by atoms with van der Waals surface area (Å²) in [5.74, 6) is -1.53. The smallest absolute Gasteiger partial charge is 0.416 e. The second-order valence-corrected chi connectivity index (χ2v) is 11.4. The fourth-order valence-electron chi connectivity index (χ4n) is 5.73. The highest BCUT2D eigenvalue weighted by molar-refractivity contribution is 6.05. The lowest BCUT2D eigenvalue weighted by molar-refractivity contribution is -0.137. The maximum Gasteiger partial charge on any atom is 0.416 e. The molecule has 12 heteroatoms. The number of amides is 2. The molecule has 2 atom stereocenters. The summed E-state index contributed by atoms with van der Waals surface area (Å²) in [6.07, 6.45) is -3.82. The number of ether oxygens (including phenoxy) is 1. The van der Waals surface area contributed by atoms with Crippen LogP contribution < -0.4 is 15.0 Å². The van der Waals surface area contributed by atoms with Crippen molar-refractivity contribution in [1.82, 2.24) is 20.0 Å². The molecule has 0 spiro atoms. The van der Waals surface area contributed by atoms with Crippen LogP contribution >= 0.6 is 0 Å². The Bertz CT molecular complexity index is 1720. The van der Waals surface area contributed by atoms with Gasteiger partial charge in [0.2, 0.25) is 0 Å². The van der Waals surface area contributed by atoms with E-state index >= 15 is 0 Å². The van der Waals surface area contributed by atoms with E-state index in [4.69, 9.17) is 9.84 Å². The molecule has 4 aromatic rings. The third-order valence-electron chi connectivity index (χ3n) is 7.88. The number of rotatable bonds is 10. The first-order valence-corrected chi connectivity index (χ1v) is 14.9. The number of carbonyl (C=O) groups excluding carboxylic acids is 2. The van der Waals surface area contributed by atoms with Gasteiger partial charge in [-0.3, -0.25) is 14.5 Å². The van der Waals surface area contributed by atoms with Crippen LogP contribution in [0.15, 0.2) is 72.8 Å². The number of hydrogen-bond acceptors (Lipinski definition) is 5. The van der Waals surface area contributed by atoms with E-state index in [0.29, 0.717) is 40.7 Å². The van der Waals surface area contributed by atoms with Crippen LogP contribution in [0.3, 0.4) is 0 Å². The SMILES string of the molecule is CCN1C(=O)[C@H](NC(=O)c2cccc(C(F)(F)F)c2)[C@@H](c2ccc(F)cc2)c2c(C)nn(-c3cccc(OCCCN(C)C)c3)c21. The summed E-state index contributed by atoms with van der Waals surface area (Å²) in [6.45, 7) is 5.15. The van der Waals surface area contributed by atoms with Crippen LogP contribution in [0.25, 0.3) is 5.69 Å². The van der Waals surface area contributed by atoms with Gasteiger partial charge in [0.25, 0.3) is 11.8 Å². The number of benzene rings is 3. The van der Waals surface area contributed by atoms with Crippen molar-refractivity contribution in [3.63, 3.8) is 0 Å². The molecule has 5 rings (SSSR count). The summed E-state index contributed by atoms with van der Waals surface area (Å²) in [6, 6.07) is 15.7. The van der Waals surface area contributed by atoms with Gasteiger partial charge < -0.3 is 15.0 Å². The van der Waals surface area contributed by atoms with E-state index in [1.54, 1.807) is 18.5 Å². The minimum absolute atomic E-state index is 0.212. The van der Waals surface area contributed by atoms with Crippen molar-refractivity contribution in [3.8, 4) is 11.4 Å². The number of aromatic nitrogens is 2. The van der Waals surface area contributed by atoms with Gasteiger partial charge in [0.1, 0.15) is 23.4 Å². The van der Waals surface area contributed by atoms with Crippen molar-refractivity contribution < 1.29 is 31.9 Å². The van der Waals surface area contributed by atoms with E-state index < -0.39 is 41.3 Å². The molecule has 0 saturated heterocycles. The number of carbonyl (C=O) groups is 2. The number of nitrogens with one attached hydrogen (secondary N) is 1. The van der Waals surface area contributed by atoms with E-state index in [1.807, 2.05) is 38.4 Å². The predicted octanol–water partition coefficient (Wildman–Crippen LogP) is 5.97. The molecule has 2 heterocycles. The molecule has 242 valence electrons. The number of fused-ring (bicyclic) bond motifs is 1. The monoisotopic (exact) mass is 637 g/mol. The minimum atomic E-state index is -4.65. The van der Waals surface area contributed by atoms with Crippen LogP contribution in [0.5, 0.6) is 5.75 Å². The van der Waals surface area contributed by atoms with E-state index in [2.05, 4.69) is 10.2 Å². The zero-order valence-corrected chi connectivity index (χ0v) is 25.9. The van der Waals surface area contributed by atoms with Gasteiger partial charge in [-0.15, -0.1) is 0 Å². The summed E-state index contributed by atoms with van der Waals surface area (Å²) in [4.78, 5) is 31.2. The Hall–Kier alpha value is -4.71. The number of alkyl halides is 3. The standard InChI is InChI=1S/C34H35F4N5O3/c1-5-42-32-28(21(2)40-43(32)26-11-7-12-27(20-26)46-18-8-17-41(3)4)29(22-13-15-25(35)16-14-22)30(33(42)45)39-31(44)23-9-6-10-24(19-23)34(36,37)38/h6-7,9-16,19-20,29-30H,5,8,17-18H2,1-4H3,(H,39,44)/t29-,30+/m0/s1. The maximum atomic E-state index is 14.2. The number of anilines is 1. The number of halogens is 4. The van der Waals surface area contributed by atoms with Gasteiger partial charge in [0.15, 0.2) is 0 Å². The second kappa shape index (κ2) is 13.3. The number of nitrogens with zero attached hydrogens (tertiary/aromatic N) is 4. The van der Waals surface area contributed by atoms with E-state index in [9.17, 15) is 27.2 Å². The molecule has 46 heavy (non-hydrogen) atoms. The van der Waals surface area contributed by atoms with E-state index in [1.165, 1.54) is 35.2 Å². The van der Waals surface area contributed by atoms with Crippen LogP contribution in [-0.2, 0) is 11.0 Å². The molecular formula is C34H35F4N5O3. The molecule has 0 bridgehead atoms. The van der Waals surface area contributed by atoms with Gasteiger partial charge in [-0.25, -0.2) is 9.07 Å². The fourth-order valence-corrected chi connectivity index (χ4v) is 5.73. The lowest BCUT2D eigenvalue weighted by Crippen LogP contribution is -2.55. The summed E-state index contributed by atoms with van der Waals surface area (Å²) in [7, 11) is 3.98. The van der Waals surface area contributed by atoms with Gasteiger partial charge in [-0.05, 0) is 82.4 Å². The quantitative estimate of drug-likeness (QED) is 0.171. The summed E-state index contributed by atoms with van der Waals surface area (Å²) in [5, 5.41) is 7.51. The first kappa shape index (κ1) is 32.7. The minimum Gasteiger partial charge on any atom is -0.493 e. The first-order chi connectivity index (χ1) is 21.9. The molecule has 1 N–H and O–H groups in total. The number of hydrogen-bond donors (Lipinski definition) is 1. The summed E-state index contributed by atoms with van der Waals surface area (Å²) in [5.41, 5.74) is 1.13. The fraction of sp³-hybridized carbons (Fsp3) is 0.324. The highest BCUT2D eigenvalue weighted by Gasteiger charge is 2.45. The molecule has 1 aromatic heterocycles. The molecule has 2 amide bonds. The van der Waals surface area contributed by atoms with Gasteiger partial charge in [0, 0.05) is 36.2 Å². The number of aryl methyl sites for hydroxylation is 1. The average Bonchev–Trinajstić information content (AvgIpc) is 3.36. The Morgan fingerprint density at radius 1 is 1.04 bits per heavy atom. The lowest BCUT2D eigenvalue weighted by Gasteiger charge is -2.38. The molecule has 8 nitrogen and oxygen atoms in total. The van der Waals surface area contributed by atoms with Crippen molar-refractivity contribution in [3.05, 3.63) is 107 Å². The van der Waals surface area contributed by atoms with Crippen molar-refractivity contribution in [2.75, 3.05) is 38.7 Å². The predicted molar refractivity (Wildman–Crippen MR) is 166 cm³/mol. The molecular weight excluding hydrogens is 602 g/mol. The molecule has 0 fully saturated rings. The summed E-state index contributed by atoms with van der Waals surface area (Å²) >= 11 is 0. The van der Waals surface area contributed by atoms with Crippen molar-refractivity contribution in [2.45, 2.75) is 38.4 Å². The normalized spacial score (nSPS) is 16.5. The van der Waals surface area contributed by atoms with Crippen molar-refractivity contribution in [1.29, 1.82) is 0 Å². The van der Waals surface area contributed by atoms with Gasteiger partial charge in [-0.1, -0.05) is 24.3 Å². The van der Waals surface area contributed by atoms with Crippen molar-refractivity contribution in [2.24, 2.45) is 0 Å². The van der Waals surface area contributed by atoms with E-state index in [-0.39, 0.29) is 12.1 Å². The highest BCUT2D eigenvalue weighted by Crippen LogP contribution is 2.43. The Labute approximate surface area is 264 Å². The zero-order valence-electron chi connectivity index (χ0n) is 25.9. The van der Waals surface area contributed by atoms with Crippen LogP contribution in [0, 0.1) is 12.7 Å².